The number of rotatable bonds is 3. The molecule has 0 atom stereocenters. The smallest absolute Gasteiger partial charge is 0.322 e. The maximum atomic E-state index is 13.1. The Kier molecular flexibility index (Phi) is 5.26. The molecule has 0 saturated carbocycles. The summed E-state index contributed by atoms with van der Waals surface area (Å²) in [5, 5.41) is 14.4. The summed E-state index contributed by atoms with van der Waals surface area (Å²) < 4.78 is 77.9. The van der Waals surface area contributed by atoms with Crippen molar-refractivity contribution in [2.45, 2.75) is 12.4 Å². The predicted octanol–water partition coefficient (Wildman–Crippen LogP) is 5.03. The van der Waals surface area contributed by atoms with E-state index in [0.717, 1.165) is 12.1 Å². The first-order chi connectivity index (χ1) is 14.0. The Morgan fingerprint density at radius 3 is 2.20 bits per heavy atom. The molecular weight excluding hydrogens is 414 g/mol. The molecule has 0 aliphatic heterocycles. The molecular formula is C19H10F6N4O. The minimum Gasteiger partial charge on any atom is -0.322 e. The second-order valence-electron chi connectivity index (χ2n) is 6.02. The average molecular weight is 424 g/mol. The van der Waals surface area contributed by atoms with Crippen molar-refractivity contribution in [3.8, 4) is 11.8 Å². The Bertz CT molecular complexity index is 1120. The maximum Gasteiger partial charge on any atom is 0.435 e. The Morgan fingerprint density at radius 1 is 0.967 bits per heavy atom. The molecule has 0 fully saturated rings. The van der Waals surface area contributed by atoms with Crippen LogP contribution >= 0.6 is 0 Å². The molecule has 0 aliphatic carbocycles. The third-order valence-corrected chi connectivity index (χ3v) is 3.91. The quantitative estimate of drug-likeness (QED) is 0.600. The molecule has 1 N–H and O–H groups in total. The first kappa shape index (κ1) is 20.9. The van der Waals surface area contributed by atoms with E-state index in [0.29, 0.717) is 0 Å². The minimum atomic E-state index is -5.06. The first-order valence-electron chi connectivity index (χ1n) is 8.15. The highest BCUT2D eigenvalue weighted by Gasteiger charge is 2.42. The lowest BCUT2D eigenvalue weighted by molar-refractivity contribution is -0.143. The number of aromatic nitrogens is 2. The van der Waals surface area contributed by atoms with Crippen LogP contribution in [0.15, 0.2) is 54.6 Å². The van der Waals surface area contributed by atoms with Gasteiger partial charge in [-0.25, -0.2) is 4.68 Å². The Labute approximate surface area is 165 Å². The second-order valence-corrected chi connectivity index (χ2v) is 6.02. The van der Waals surface area contributed by atoms with Crippen molar-refractivity contribution < 1.29 is 31.1 Å². The van der Waals surface area contributed by atoms with Gasteiger partial charge in [0, 0.05) is 17.3 Å². The summed E-state index contributed by atoms with van der Waals surface area (Å²) in [7, 11) is 0. The van der Waals surface area contributed by atoms with Crippen LogP contribution in [-0.2, 0) is 12.4 Å². The fourth-order valence-corrected chi connectivity index (χ4v) is 2.54. The fraction of sp³-hybridized carbons (Fsp3) is 0.105. The summed E-state index contributed by atoms with van der Waals surface area (Å²) >= 11 is 0. The van der Waals surface area contributed by atoms with E-state index in [1.54, 1.807) is 0 Å². The van der Waals surface area contributed by atoms with E-state index < -0.39 is 29.6 Å². The van der Waals surface area contributed by atoms with E-state index in [2.05, 4.69) is 10.4 Å². The van der Waals surface area contributed by atoms with Crippen molar-refractivity contribution in [2.24, 2.45) is 0 Å². The van der Waals surface area contributed by atoms with Crippen LogP contribution in [0.2, 0.25) is 0 Å². The summed E-state index contributed by atoms with van der Waals surface area (Å²) in [4.78, 5) is 12.2. The summed E-state index contributed by atoms with van der Waals surface area (Å²) in [5.74, 6) is -0.575. The van der Waals surface area contributed by atoms with Crippen molar-refractivity contribution >= 4 is 11.6 Å². The molecule has 30 heavy (non-hydrogen) atoms. The van der Waals surface area contributed by atoms with Gasteiger partial charge in [-0.1, -0.05) is 6.07 Å². The lowest BCUT2D eigenvalue weighted by Gasteiger charge is -2.11. The number of nitrogens with zero attached hydrogens (tertiary/aromatic N) is 3. The van der Waals surface area contributed by atoms with Crippen molar-refractivity contribution in [3.63, 3.8) is 0 Å². The van der Waals surface area contributed by atoms with Gasteiger partial charge in [-0.3, -0.25) is 4.79 Å². The van der Waals surface area contributed by atoms with Crippen LogP contribution in [0.1, 0.15) is 27.3 Å². The Hall–Kier alpha value is -3.81. The molecule has 2 aromatic carbocycles. The molecule has 0 bridgehead atoms. The van der Waals surface area contributed by atoms with Crippen LogP contribution in [0.4, 0.5) is 32.0 Å². The third kappa shape index (κ3) is 4.43. The molecule has 11 heteroatoms. The van der Waals surface area contributed by atoms with Crippen LogP contribution in [-0.4, -0.2) is 15.7 Å². The summed E-state index contributed by atoms with van der Waals surface area (Å²) in [6.07, 6.45) is -10.1. The molecule has 0 radical (unpaired) electrons. The zero-order valence-electron chi connectivity index (χ0n) is 14.7. The summed E-state index contributed by atoms with van der Waals surface area (Å²) in [6, 6.07) is 12.2. The highest BCUT2D eigenvalue weighted by Crippen LogP contribution is 2.36. The molecule has 1 aromatic heterocycles. The van der Waals surface area contributed by atoms with Crippen molar-refractivity contribution in [1.29, 1.82) is 5.26 Å². The van der Waals surface area contributed by atoms with Gasteiger partial charge in [-0.2, -0.15) is 36.7 Å². The van der Waals surface area contributed by atoms with E-state index in [4.69, 9.17) is 5.26 Å². The molecule has 0 unspecified atom stereocenters. The number of alkyl halides is 6. The topological polar surface area (TPSA) is 70.7 Å². The molecule has 0 saturated heterocycles. The largest absolute Gasteiger partial charge is 0.435 e. The van der Waals surface area contributed by atoms with Gasteiger partial charge in [0.25, 0.3) is 5.91 Å². The monoisotopic (exact) mass is 424 g/mol. The van der Waals surface area contributed by atoms with E-state index in [1.165, 1.54) is 36.4 Å². The van der Waals surface area contributed by atoms with Gasteiger partial charge in [-0.05, 0) is 42.5 Å². The molecule has 3 rings (SSSR count). The Balaban J connectivity index is 1.88. The fourth-order valence-electron chi connectivity index (χ4n) is 2.54. The number of hydrogen-bond acceptors (Lipinski definition) is 3. The number of amides is 1. The van der Waals surface area contributed by atoms with Crippen LogP contribution in [0.5, 0.6) is 0 Å². The van der Waals surface area contributed by atoms with Gasteiger partial charge in [0.05, 0.1) is 17.3 Å². The van der Waals surface area contributed by atoms with Crippen molar-refractivity contribution in [1.82, 2.24) is 9.78 Å². The molecule has 0 aliphatic rings. The summed E-state index contributed by atoms with van der Waals surface area (Å²) in [5.41, 5.74) is -2.91. The van der Waals surface area contributed by atoms with Gasteiger partial charge in [0.15, 0.2) is 5.69 Å². The molecule has 1 amide bonds. The van der Waals surface area contributed by atoms with E-state index in [1.807, 2.05) is 6.07 Å². The van der Waals surface area contributed by atoms with E-state index in [-0.39, 0.29) is 33.2 Å². The van der Waals surface area contributed by atoms with Gasteiger partial charge < -0.3 is 5.32 Å². The number of benzene rings is 2. The zero-order valence-corrected chi connectivity index (χ0v) is 14.7. The Morgan fingerprint density at radius 2 is 1.63 bits per heavy atom. The number of anilines is 1. The number of nitrogens with one attached hydrogen (secondary N) is 1. The van der Waals surface area contributed by atoms with Gasteiger partial charge in [0.2, 0.25) is 0 Å². The zero-order chi connectivity index (χ0) is 22.1. The lowest BCUT2D eigenvalue weighted by atomic mass is 10.1. The SMILES string of the molecule is N#Cc1cccc(C(=O)Nc2ccc(-n3nc(C(F)(F)F)cc3C(F)(F)F)cc2)c1. The maximum absolute atomic E-state index is 13.1. The van der Waals surface area contributed by atoms with E-state index in [9.17, 15) is 31.1 Å². The molecule has 1 heterocycles. The van der Waals surface area contributed by atoms with Crippen LogP contribution in [0.3, 0.4) is 0 Å². The van der Waals surface area contributed by atoms with Gasteiger partial charge in [0.1, 0.15) is 5.69 Å². The van der Waals surface area contributed by atoms with Crippen LogP contribution in [0, 0.1) is 11.3 Å². The van der Waals surface area contributed by atoms with Gasteiger partial charge in [-0.15, -0.1) is 0 Å². The first-order valence-corrected chi connectivity index (χ1v) is 8.15. The van der Waals surface area contributed by atoms with Gasteiger partial charge >= 0.3 is 12.4 Å². The lowest BCUT2D eigenvalue weighted by Crippen LogP contribution is -2.14. The standard InChI is InChI=1S/C19H10F6N4O/c20-18(21,22)15-9-16(19(23,24)25)29(28-15)14-6-4-13(5-7-14)27-17(30)12-3-1-2-11(8-12)10-26/h1-9H,(H,27,30). The van der Waals surface area contributed by atoms with Crippen LogP contribution < -0.4 is 5.32 Å². The molecule has 5 nitrogen and oxygen atoms in total. The number of hydrogen-bond donors (Lipinski definition) is 1. The normalized spacial score (nSPS) is 11.8. The molecule has 154 valence electrons. The number of nitriles is 1. The third-order valence-electron chi connectivity index (χ3n) is 3.91. The van der Waals surface area contributed by atoms with Crippen LogP contribution in [0.25, 0.3) is 5.69 Å². The predicted molar refractivity (Wildman–Crippen MR) is 92.7 cm³/mol. The highest BCUT2D eigenvalue weighted by atomic mass is 19.4. The van der Waals surface area contributed by atoms with Crippen molar-refractivity contribution in [2.75, 3.05) is 5.32 Å². The number of halogens is 6. The molecule has 0 spiro atoms. The van der Waals surface area contributed by atoms with E-state index >= 15 is 0 Å². The number of carbonyl (C=O) groups is 1. The number of carbonyl (C=O) groups excluding carboxylic acids is 1. The summed E-state index contributed by atoms with van der Waals surface area (Å²) in [6.45, 7) is 0. The average Bonchev–Trinajstić information content (AvgIpc) is 3.15. The minimum absolute atomic E-state index is 0.0716. The van der Waals surface area contributed by atoms with Crippen molar-refractivity contribution in [3.05, 3.63) is 77.1 Å². The second kappa shape index (κ2) is 7.55. The highest BCUT2D eigenvalue weighted by molar-refractivity contribution is 6.04. The molecule has 3 aromatic rings.